The van der Waals surface area contributed by atoms with Crippen LogP contribution < -0.4 is 4.90 Å². The summed E-state index contributed by atoms with van der Waals surface area (Å²) in [5.74, 6) is -1.59. The molecule has 0 saturated carbocycles. The lowest BCUT2D eigenvalue weighted by Gasteiger charge is -2.26. The fraction of sp³-hybridized carbons (Fsp3) is 0.545. The van der Waals surface area contributed by atoms with Gasteiger partial charge in [-0.3, -0.25) is 4.79 Å². The second-order valence-corrected chi connectivity index (χ2v) is 4.43. The molecule has 0 aromatic carbocycles. The van der Waals surface area contributed by atoms with Crippen molar-refractivity contribution in [2.45, 2.75) is 12.2 Å². The Labute approximate surface area is 112 Å². The Morgan fingerprint density at radius 2 is 2.10 bits per heavy atom. The molecule has 2 rings (SSSR count). The molecule has 6 nitrogen and oxygen atoms in total. The second kappa shape index (κ2) is 5.23. The van der Waals surface area contributed by atoms with Gasteiger partial charge in [0.15, 0.2) is 11.5 Å². The van der Waals surface area contributed by atoms with Crippen LogP contribution in [-0.2, 0) is 15.7 Å². The van der Waals surface area contributed by atoms with Crippen molar-refractivity contribution < 1.29 is 27.8 Å². The Hall–Kier alpha value is -1.90. The number of carboxylic acid groups (broad SMARTS) is 1. The van der Waals surface area contributed by atoms with Crippen molar-refractivity contribution >= 4 is 11.8 Å². The van der Waals surface area contributed by atoms with Crippen LogP contribution in [0.4, 0.5) is 19.0 Å². The zero-order chi connectivity index (χ0) is 14.9. The summed E-state index contributed by atoms with van der Waals surface area (Å²) in [6.07, 6.45) is -4.55. The molecule has 0 bridgehead atoms. The number of ether oxygens (including phenoxy) is 1. The Bertz CT molecular complexity index is 492. The number of carbonyl (C=O) groups is 1. The third-order valence-corrected chi connectivity index (χ3v) is 3.17. The molecule has 0 aliphatic carbocycles. The molecule has 1 aromatic rings. The normalized spacial score (nSPS) is 22.8. The second-order valence-electron chi connectivity index (χ2n) is 4.43. The van der Waals surface area contributed by atoms with Crippen molar-refractivity contribution in [3.8, 4) is 0 Å². The molecule has 1 N–H and O–H groups in total. The number of rotatable bonds is 3. The van der Waals surface area contributed by atoms with Crippen molar-refractivity contribution in [1.82, 2.24) is 10.2 Å². The van der Waals surface area contributed by atoms with Gasteiger partial charge in [-0.05, 0) is 12.1 Å². The van der Waals surface area contributed by atoms with Crippen LogP contribution in [0.15, 0.2) is 12.1 Å². The number of carboxylic acids is 1. The predicted molar refractivity (Wildman–Crippen MR) is 61.2 cm³/mol. The number of aromatic nitrogens is 2. The third-order valence-electron chi connectivity index (χ3n) is 3.17. The lowest BCUT2D eigenvalue weighted by atomic mass is 10.0. The number of hydrogen-bond acceptors (Lipinski definition) is 5. The van der Waals surface area contributed by atoms with E-state index in [1.54, 1.807) is 7.05 Å². The first kappa shape index (κ1) is 14.5. The summed E-state index contributed by atoms with van der Waals surface area (Å²) in [4.78, 5) is 12.5. The molecule has 2 atom stereocenters. The van der Waals surface area contributed by atoms with E-state index < -0.39 is 29.8 Å². The van der Waals surface area contributed by atoms with E-state index in [0.717, 1.165) is 12.1 Å². The summed E-state index contributed by atoms with van der Waals surface area (Å²) in [6.45, 7) is 0.245. The first-order valence-corrected chi connectivity index (χ1v) is 5.75. The van der Waals surface area contributed by atoms with Crippen LogP contribution in [0, 0.1) is 5.92 Å². The molecule has 2 unspecified atom stereocenters. The summed E-state index contributed by atoms with van der Waals surface area (Å²) in [5, 5.41) is 15.6. The molecular formula is C11H12F3N3O3. The SMILES string of the molecule is CN(c1ccc(C(F)(F)F)nn1)C1COCC1C(=O)O. The van der Waals surface area contributed by atoms with E-state index in [-0.39, 0.29) is 19.0 Å². The zero-order valence-corrected chi connectivity index (χ0v) is 10.5. The molecule has 1 aliphatic heterocycles. The minimum atomic E-state index is -4.55. The predicted octanol–water partition coefficient (Wildman–Crippen LogP) is 1.03. The first-order chi connectivity index (χ1) is 9.30. The fourth-order valence-corrected chi connectivity index (χ4v) is 1.99. The van der Waals surface area contributed by atoms with E-state index in [2.05, 4.69) is 10.2 Å². The summed E-state index contributed by atoms with van der Waals surface area (Å²) < 4.78 is 42.2. The topological polar surface area (TPSA) is 75.5 Å². The van der Waals surface area contributed by atoms with Gasteiger partial charge in [-0.2, -0.15) is 13.2 Å². The minimum absolute atomic E-state index is 0.0679. The molecule has 1 saturated heterocycles. The lowest BCUT2D eigenvalue weighted by molar-refractivity contribution is -0.142. The first-order valence-electron chi connectivity index (χ1n) is 5.75. The average Bonchev–Trinajstić information content (AvgIpc) is 2.86. The van der Waals surface area contributed by atoms with Gasteiger partial charge in [-0.1, -0.05) is 0 Å². The maximum absolute atomic E-state index is 12.4. The van der Waals surface area contributed by atoms with Crippen LogP contribution in [0.3, 0.4) is 0 Å². The summed E-state index contributed by atoms with van der Waals surface area (Å²) in [7, 11) is 1.55. The van der Waals surface area contributed by atoms with E-state index in [1.807, 2.05) is 0 Å². The van der Waals surface area contributed by atoms with Gasteiger partial charge in [0, 0.05) is 7.05 Å². The highest BCUT2D eigenvalue weighted by Crippen LogP contribution is 2.28. The Kier molecular flexibility index (Phi) is 3.80. The maximum atomic E-state index is 12.4. The van der Waals surface area contributed by atoms with Crippen molar-refractivity contribution in [3.05, 3.63) is 17.8 Å². The van der Waals surface area contributed by atoms with Gasteiger partial charge in [-0.15, -0.1) is 10.2 Å². The standard InChI is InChI=1S/C11H12F3N3O3/c1-17(7-5-20-4-6(7)10(18)19)9-3-2-8(15-16-9)11(12,13)14/h2-3,6-7H,4-5H2,1H3,(H,18,19). The highest BCUT2D eigenvalue weighted by atomic mass is 19.4. The monoisotopic (exact) mass is 291 g/mol. The number of nitrogens with zero attached hydrogens (tertiary/aromatic N) is 3. The Morgan fingerprint density at radius 3 is 2.60 bits per heavy atom. The van der Waals surface area contributed by atoms with Crippen LogP contribution in [0.5, 0.6) is 0 Å². The summed E-state index contributed by atoms with van der Waals surface area (Å²) in [6, 6.07) is 1.48. The molecule has 110 valence electrons. The lowest BCUT2D eigenvalue weighted by Crippen LogP contribution is -2.41. The van der Waals surface area contributed by atoms with Crippen LogP contribution in [0.25, 0.3) is 0 Å². The quantitative estimate of drug-likeness (QED) is 0.896. The number of halogens is 3. The average molecular weight is 291 g/mol. The van der Waals surface area contributed by atoms with Gasteiger partial charge < -0.3 is 14.7 Å². The van der Waals surface area contributed by atoms with Gasteiger partial charge in [0.1, 0.15) is 5.92 Å². The number of likely N-dealkylation sites (N-methyl/N-ethyl adjacent to an activating group) is 1. The minimum Gasteiger partial charge on any atom is -0.481 e. The number of anilines is 1. The molecule has 2 heterocycles. The molecule has 20 heavy (non-hydrogen) atoms. The van der Waals surface area contributed by atoms with E-state index in [4.69, 9.17) is 9.84 Å². The van der Waals surface area contributed by atoms with Crippen LogP contribution >= 0.6 is 0 Å². The van der Waals surface area contributed by atoms with Crippen LogP contribution in [0.1, 0.15) is 5.69 Å². The number of hydrogen-bond donors (Lipinski definition) is 1. The Balaban J connectivity index is 2.17. The fourth-order valence-electron chi connectivity index (χ4n) is 1.99. The highest BCUT2D eigenvalue weighted by Gasteiger charge is 2.38. The van der Waals surface area contributed by atoms with E-state index in [1.165, 1.54) is 4.90 Å². The smallest absolute Gasteiger partial charge is 0.435 e. The highest BCUT2D eigenvalue weighted by molar-refractivity contribution is 5.72. The molecule has 1 aliphatic rings. The van der Waals surface area contributed by atoms with Crippen LogP contribution in [0.2, 0.25) is 0 Å². The van der Waals surface area contributed by atoms with Crippen molar-refractivity contribution in [3.63, 3.8) is 0 Å². The van der Waals surface area contributed by atoms with E-state index in [0.29, 0.717) is 0 Å². The molecule has 0 radical (unpaired) electrons. The van der Waals surface area contributed by atoms with Crippen molar-refractivity contribution in [1.29, 1.82) is 0 Å². The van der Waals surface area contributed by atoms with Gasteiger partial charge in [0.05, 0.1) is 19.3 Å². The van der Waals surface area contributed by atoms with Gasteiger partial charge >= 0.3 is 12.1 Å². The number of alkyl halides is 3. The Morgan fingerprint density at radius 1 is 1.40 bits per heavy atom. The van der Waals surface area contributed by atoms with E-state index >= 15 is 0 Å². The molecule has 9 heteroatoms. The van der Waals surface area contributed by atoms with Gasteiger partial charge in [0.25, 0.3) is 0 Å². The maximum Gasteiger partial charge on any atom is 0.435 e. The molecule has 0 spiro atoms. The van der Waals surface area contributed by atoms with Gasteiger partial charge in [0.2, 0.25) is 0 Å². The van der Waals surface area contributed by atoms with Crippen molar-refractivity contribution in [2.75, 3.05) is 25.2 Å². The van der Waals surface area contributed by atoms with Crippen LogP contribution in [-0.4, -0.2) is 47.6 Å². The summed E-state index contributed by atoms with van der Waals surface area (Å²) in [5.41, 5.74) is -1.09. The van der Waals surface area contributed by atoms with Crippen molar-refractivity contribution in [2.24, 2.45) is 5.92 Å². The number of aliphatic carboxylic acids is 1. The molecular weight excluding hydrogens is 279 g/mol. The van der Waals surface area contributed by atoms with E-state index in [9.17, 15) is 18.0 Å². The molecule has 0 amide bonds. The largest absolute Gasteiger partial charge is 0.481 e. The third kappa shape index (κ3) is 2.82. The molecule has 1 fully saturated rings. The molecule has 1 aromatic heterocycles. The zero-order valence-electron chi connectivity index (χ0n) is 10.5. The van der Waals surface area contributed by atoms with Gasteiger partial charge in [-0.25, -0.2) is 0 Å². The summed E-state index contributed by atoms with van der Waals surface area (Å²) >= 11 is 0.